The number of aliphatic carboxylic acids is 1. The van der Waals surface area contributed by atoms with E-state index in [9.17, 15) is 14.7 Å². The number of amides is 1. The number of carbonyl (C=O) groups is 2. The van der Waals surface area contributed by atoms with E-state index in [0.717, 1.165) is 0 Å². The number of nitrogens with zero attached hydrogens (tertiary/aromatic N) is 1. The fourth-order valence-electron chi connectivity index (χ4n) is 3.49. The Morgan fingerprint density at radius 1 is 1.21 bits per heavy atom. The van der Waals surface area contributed by atoms with Crippen molar-refractivity contribution in [3.05, 3.63) is 0 Å². The number of hydrogen-bond acceptors (Lipinski definition) is 2. The van der Waals surface area contributed by atoms with E-state index in [1.165, 1.54) is 25.7 Å². The third-order valence-corrected chi connectivity index (χ3v) is 5.14. The van der Waals surface area contributed by atoms with Crippen molar-refractivity contribution in [2.75, 3.05) is 13.1 Å². The van der Waals surface area contributed by atoms with Gasteiger partial charge in [-0.15, -0.1) is 0 Å². The summed E-state index contributed by atoms with van der Waals surface area (Å²) in [6.45, 7) is 3.17. The maximum atomic E-state index is 12.2. The van der Waals surface area contributed by atoms with Crippen LogP contribution in [-0.2, 0) is 9.59 Å². The predicted octanol–water partition coefficient (Wildman–Crippen LogP) is 2.67. The third-order valence-electron chi connectivity index (χ3n) is 5.14. The minimum absolute atomic E-state index is 0.238. The number of piperidine rings is 1. The Labute approximate surface area is 115 Å². The van der Waals surface area contributed by atoms with Gasteiger partial charge < -0.3 is 10.0 Å². The molecule has 2 fully saturated rings. The number of hydrogen-bond donors (Lipinski definition) is 1. The van der Waals surface area contributed by atoms with Gasteiger partial charge in [-0.3, -0.25) is 9.59 Å². The number of carboxylic acids is 1. The molecule has 1 saturated heterocycles. The summed E-state index contributed by atoms with van der Waals surface area (Å²) in [4.78, 5) is 25.4. The number of rotatable bonds is 4. The molecule has 1 heterocycles. The van der Waals surface area contributed by atoms with Gasteiger partial charge in [0.15, 0.2) is 0 Å². The van der Waals surface area contributed by atoms with Crippen LogP contribution in [0.2, 0.25) is 0 Å². The zero-order chi connectivity index (χ0) is 13.9. The first-order valence-electron chi connectivity index (χ1n) is 7.58. The molecule has 19 heavy (non-hydrogen) atoms. The van der Waals surface area contributed by atoms with Crippen molar-refractivity contribution >= 4 is 11.9 Å². The summed E-state index contributed by atoms with van der Waals surface area (Å²) >= 11 is 0. The molecule has 1 amide bonds. The first kappa shape index (κ1) is 14.4. The van der Waals surface area contributed by atoms with Gasteiger partial charge in [0.25, 0.3) is 0 Å². The van der Waals surface area contributed by atoms with Crippen molar-refractivity contribution in [3.8, 4) is 0 Å². The molecule has 2 rings (SSSR count). The summed E-state index contributed by atoms with van der Waals surface area (Å²) in [5, 5.41) is 9.34. The second-order valence-corrected chi connectivity index (χ2v) is 6.17. The van der Waals surface area contributed by atoms with Gasteiger partial charge in [-0.1, -0.05) is 19.8 Å². The largest absolute Gasteiger partial charge is 0.481 e. The van der Waals surface area contributed by atoms with Crippen LogP contribution >= 0.6 is 0 Å². The van der Waals surface area contributed by atoms with E-state index in [-0.39, 0.29) is 5.91 Å². The molecule has 1 N–H and O–H groups in total. The molecular formula is C15H25NO3. The monoisotopic (exact) mass is 267 g/mol. The minimum atomic E-state index is -0.696. The summed E-state index contributed by atoms with van der Waals surface area (Å²) in [5.41, 5.74) is -0.593. The van der Waals surface area contributed by atoms with Gasteiger partial charge in [0.2, 0.25) is 5.91 Å². The van der Waals surface area contributed by atoms with Gasteiger partial charge in [-0.2, -0.15) is 0 Å². The van der Waals surface area contributed by atoms with Gasteiger partial charge in [-0.25, -0.2) is 0 Å². The Bertz CT molecular complexity index is 339. The molecule has 0 bridgehead atoms. The molecule has 0 aromatic rings. The molecule has 2 aliphatic rings. The fraction of sp³-hybridized carbons (Fsp3) is 0.867. The van der Waals surface area contributed by atoms with Gasteiger partial charge in [0.1, 0.15) is 0 Å². The van der Waals surface area contributed by atoms with Crippen LogP contribution in [0.3, 0.4) is 0 Å². The first-order valence-corrected chi connectivity index (χ1v) is 7.58. The summed E-state index contributed by atoms with van der Waals surface area (Å²) in [7, 11) is 0. The Morgan fingerprint density at radius 2 is 1.79 bits per heavy atom. The highest BCUT2D eigenvalue weighted by atomic mass is 16.4. The van der Waals surface area contributed by atoms with Crippen LogP contribution in [0.1, 0.15) is 58.3 Å². The number of carboxylic acid groups (broad SMARTS) is 1. The summed E-state index contributed by atoms with van der Waals surface area (Å²) in [5.74, 6) is 0.115. The van der Waals surface area contributed by atoms with E-state index in [2.05, 4.69) is 0 Å². The van der Waals surface area contributed by atoms with Gasteiger partial charge in [0, 0.05) is 19.5 Å². The SMILES string of the molecule is CCC1(C(=O)O)CCN(C(=O)CC2CCCC2)CC1. The van der Waals surface area contributed by atoms with Gasteiger partial charge >= 0.3 is 5.97 Å². The Morgan fingerprint density at radius 3 is 2.26 bits per heavy atom. The van der Waals surface area contributed by atoms with Crippen molar-refractivity contribution in [2.45, 2.75) is 58.3 Å². The van der Waals surface area contributed by atoms with Crippen molar-refractivity contribution in [3.63, 3.8) is 0 Å². The fourth-order valence-corrected chi connectivity index (χ4v) is 3.49. The van der Waals surface area contributed by atoms with Crippen molar-refractivity contribution in [1.29, 1.82) is 0 Å². The smallest absolute Gasteiger partial charge is 0.309 e. The summed E-state index contributed by atoms with van der Waals surface area (Å²) in [6, 6.07) is 0. The normalized spacial score (nSPS) is 23.5. The molecule has 1 aliphatic carbocycles. The Hall–Kier alpha value is -1.06. The van der Waals surface area contributed by atoms with Crippen LogP contribution in [0.4, 0.5) is 0 Å². The molecule has 0 atom stereocenters. The average molecular weight is 267 g/mol. The van der Waals surface area contributed by atoms with Crippen LogP contribution in [0.15, 0.2) is 0 Å². The predicted molar refractivity (Wildman–Crippen MR) is 72.7 cm³/mol. The maximum absolute atomic E-state index is 12.2. The highest BCUT2D eigenvalue weighted by molar-refractivity contribution is 5.78. The number of carbonyl (C=O) groups excluding carboxylic acids is 1. The molecule has 0 spiro atoms. The molecule has 0 aromatic carbocycles. The van der Waals surface area contributed by atoms with Crippen molar-refractivity contribution < 1.29 is 14.7 Å². The molecule has 4 nitrogen and oxygen atoms in total. The quantitative estimate of drug-likeness (QED) is 0.852. The van der Waals surface area contributed by atoms with Crippen LogP contribution in [0, 0.1) is 11.3 Å². The minimum Gasteiger partial charge on any atom is -0.481 e. The van der Waals surface area contributed by atoms with E-state index in [1.54, 1.807) is 0 Å². The topological polar surface area (TPSA) is 57.6 Å². The van der Waals surface area contributed by atoms with E-state index < -0.39 is 11.4 Å². The molecule has 0 aromatic heterocycles. The molecule has 1 aliphatic heterocycles. The van der Waals surface area contributed by atoms with Crippen LogP contribution in [-0.4, -0.2) is 35.0 Å². The zero-order valence-electron chi connectivity index (χ0n) is 11.9. The van der Waals surface area contributed by atoms with Gasteiger partial charge in [-0.05, 0) is 38.0 Å². The summed E-state index contributed by atoms with van der Waals surface area (Å²) < 4.78 is 0. The van der Waals surface area contributed by atoms with E-state index in [4.69, 9.17) is 0 Å². The average Bonchev–Trinajstić information content (AvgIpc) is 2.91. The third kappa shape index (κ3) is 3.10. The van der Waals surface area contributed by atoms with Crippen LogP contribution in [0.5, 0.6) is 0 Å². The lowest BCUT2D eigenvalue weighted by Crippen LogP contribution is -2.46. The highest BCUT2D eigenvalue weighted by Gasteiger charge is 2.40. The first-order chi connectivity index (χ1) is 9.07. The Kier molecular flexibility index (Phi) is 4.48. The highest BCUT2D eigenvalue weighted by Crippen LogP contribution is 2.36. The molecule has 0 unspecified atom stereocenters. The van der Waals surface area contributed by atoms with Crippen molar-refractivity contribution in [1.82, 2.24) is 4.90 Å². The van der Waals surface area contributed by atoms with E-state index in [0.29, 0.717) is 44.7 Å². The van der Waals surface area contributed by atoms with Crippen molar-refractivity contribution in [2.24, 2.45) is 11.3 Å². The van der Waals surface area contributed by atoms with Crippen LogP contribution < -0.4 is 0 Å². The maximum Gasteiger partial charge on any atom is 0.309 e. The zero-order valence-corrected chi connectivity index (χ0v) is 11.9. The Balaban J connectivity index is 1.85. The molecular weight excluding hydrogens is 242 g/mol. The molecule has 108 valence electrons. The lowest BCUT2D eigenvalue weighted by molar-refractivity contribution is -0.154. The van der Waals surface area contributed by atoms with Crippen LogP contribution in [0.25, 0.3) is 0 Å². The lowest BCUT2D eigenvalue weighted by atomic mass is 9.76. The van der Waals surface area contributed by atoms with E-state index >= 15 is 0 Å². The lowest BCUT2D eigenvalue weighted by Gasteiger charge is -2.38. The number of likely N-dealkylation sites (tertiary alicyclic amines) is 1. The van der Waals surface area contributed by atoms with Gasteiger partial charge in [0.05, 0.1) is 5.41 Å². The van der Waals surface area contributed by atoms with E-state index in [1.807, 2.05) is 11.8 Å². The second-order valence-electron chi connectivity index (χ2n) is 6.17. The second kappa shape index (κ2) is 5.93. The summed E-state index contributed by atoms with van der Waals surface area (Å²) in [6.07, 6.45) is 7.44. The molecule has 4 heteroatoms. The molecule has 0 radical (unpaired) electrons. The molecule has 1 saturated carbocycles. The standard InChI is InChI=1S/C15H25NO3/c1-2-15(14(18)19)7-9-16(10-8-15)13(17)11-12-5-3-4-6-12/h12H,2-11H2,1H3,(H,18,19).